The van der Waals surface area contributed by atoms with Crippen LogP contribution in [0.3, 0.4) is 0 Å². The third kappa shape index (κ3) is 4.43. The number of hydrogen-bond donors (Lipinski definition) is 0. The summed E-state index contributed by atoms with van der Waals surface area (Å²) in [5.41, 5.74) is 0. The summed E-state index contributed by atoms with van der Waals surface area (Å²) in [5.74, 6) is -0.669. The van der Waals surface area contributed by atoms with E-state index in [0.29, 0.717) is 0 Å². The molecule has 0 spiro atoms. The van der Waals surface area contributed by atoms with Crippen LogP contribution in [0.15, 0.2) is 0 Å². The minimum atomic E-state index is -3.56. The number of hydrogen-bond acceptors (Lipinski definition) is 6. The molecule has 1 aliphatic heterocycles. The van der Waals surface area contributed by atoms with E-state index in [2.05, 4.69) is 4.74 Å². The number of ether oxygens (including phenoxy) is 1. The highest BCUT2D eigenvalue weighted by molar-refractivity contribution is 7.92. The van der Waals surface area contributed by atoms with Crippen molar-refractivity contribution in [2.24, 2.45) is 0 Å². The number of nitrogens with zero attached hydrogens (tertiary/aromatic N) is 1. The van der Waals surface area contributed by atoms with Crippen LogP contribution in [0.4, 0.5) is 0 Å². The third-order valence-corrected chi connectivity index (χ3v) is 7.30. The molecule has 9 heteroatoms. The second-order valence-electron chi connectivity index (χ2n) is 4.54. The van der Waals surface area contributed by atoms with E-state index >= 15 is 0 Å². The van der Waals surface area contributed by atoms with Crippen LogP contribution in [0.25, 0.3) is 0 Å². The minimum Gasteiger partial charge on any atom is -0.469 e. The maximum Gasteiger partial charge on any atom is 0.306 e. The van der Waals surface area contributed by atoms with Gasteiger partial charge in [0.15, 0.2) is 0 Å². The SMILES string of the molecule is COC(=O)CCN(C)S(=O)(=O)C1CCS(=O)(=O)CC1. The molecule has 0 aromatic carbocycles. The molecule has 112 valence electrons. The largest absolute Gasteiger partial charge is 0.469 e. The minimum absolute atomic E-state index is 0.0166. The zero-order valence-corrected chi connectivity index (χ0v) is 12.7. The Morgan fingerprint density at radius 2 is 1.84 bits per heavy atom. The molecule has 0 radical (unpaired) electrons. The number of esters is 1. The van der Waals surface area contributed by atoms with Crippen LogP contribution in [0.5, 0.6) is 0 Å². The predicted molar refractivity (Wildman–Crippen MR) is 69.9 cm³/mol. The molecule has 0 saturated carbocycles. The molecule has 19 heavy (non-hydrogen) atoms. The van der Waals surface area contributed by atoms with Gasteiger partial charge in [-0.15, -0.1) is 0 Å². The van der Waals surface area contributed by atoms with E-state index in [9.17, 15) is 21.6 Å². The zero-order valence-electron chi connectivity index (χ0n) is 11.0. The quantitative estimate of drug-likeness (QED) is 0.628. The van der Waals surface area contributed by atoms with Gasteiger partial charge in [-0.3, -0.25) is 4.79 Å². The van der Waals surface area contributed by atoms with Gasteiger partial charge in [0.2, 0.25) is 10.0 Å². The first-order chi connectivity index (χ1) is 8.69. The number of sulfone groups is 1. The van der Waals surface area contributed by atoms with Crippen molar-refractivity contribution < 1.29 is 26.4 Å². The van der Waals surface area contributed by atoms with E-state index in [1.54, 1.807) is 0 Å². The van der Waals surface area contributed by atoms with Gasteiger partial charge in [-0.2, -0.15) is 0 Å². The molecule has 1 heterocycles. The second kappa shape index (κ2) is 6.19. The van der Waals surface area contributed by atoms with Gasteiger partial charge in [-0.05, 0) is 12.8 Å². The van der Waals surface area contributed by atoms with Crippen molar-refractivity contribution in [3.8, 4) is 0 Å². The summed E-state index contributed by atoms with van der Waals surface area (Å²) in [5, 5.41) is -0.682. The molecule has 1 saturated heterocycles. The second-order valence-corrected chi connectivity index (χ2v) is 9.17. The van der Waals surface area contributed by atoms with E-state index < -0.39 is 31.1 Å². The summed E-state index contributed by atoms with van der Waals surface area (Å²) in [6, 6.07) is 0. The van der Waals surface area contributed by atoms with Crippen molar-refractivity contribution in [1.29, 1.82) is 0 Å². The van der Waals surface area contributed by atoms with E-state index in [0.717, 1.165) is 4.31 Å². The van der Waals surface area contributed by atoms with Crippen LogP contribution < -0.4 is 0 Å². The van der Waals surface area contributed by atoms with Crippen LogP contribution in [-0.4, -0.2) is 64.6 Å². The Balaban J connectivity index is 2.63. The van der Waals surface area contributed by atoms with Gasteiger partial charge in [0, 0.05) is 13.6 Å². The fourth-order valence-corrected chi connectivity index (χ4v) is 5.37. The van der Waals surface area contributed by atoms with Crippen molar-refractivity contribution in [2.45, 2.75) is 24.5 Å². The molecule has 7 nitrogen and oxygen atoms in total. The van der Waals surface area contributed by atoms with Crippen molar-refractivity contribution >= 4 is 25.8 Å². The molecule has 0 aliphatic carbocycles. The average molecular weight is 313 g/mol. The first kappa shape index (κ1) is 16.4. The van der Waals surface area contributed by atoms with E-state index in [-0.39, 0.29) is 37.3 Å². The van der Waals surface area contributed by atoms with Gasteiger partial charge in [0.05, 0.1) is 30.3 Å². The van der Waals surface area contributed by atoms with E-state index in [1.807, 2.05) is 0 Å². The van der Waals surface area contributed by atoms with Crippen LogP contribution in [0.1, 0.15) is 19.3 Å². The van der Waals surface area contributed by atoms with Gasteiger partial charge in [0.25, 0.3) is 0 Å². The lowest BCUT2D eigenvalue weighted by atomic mass is 10.2. The topological polar surface area (TPSA) is 97.8 Å². The maximum absolute atomic E-state index is 12.2. The number of carbonyl (C=O) groups is 1. The van der Waals surface area contributed by atoms with Crippen molar-refractivity contribution in [3.05, 3.63) is 0 Å². The van der Waals surface area contributed by atoms with Crippen LogP contribution in [0, 0.1) is 0 Å². The summed E-state index contributed by atoms with van der Waals surface area (Å²) >= 11 is 0. The number of carbonyl (C=O) groups excluding carboxylic acids is 1. The zero-order chi connectivity index (χ0) is 14.7. The van der Waals surface area contributed by atoms with Crippen LogP contribution >= 0.6 is 0 Å². The lowest BCUT2D eigenvalue weighted by Crippen LogP contribution is -2.41. The molecule has 0 aromatic rings. The van der Waals surface area contributed by atoms with Crippen molar-refractivity contribution in [1.82, 2.24) is 4.31 Å². The summed E-state index contributed by atoms with van der Waals surface area (Å²) in [4.78, 5) is 11.0. The average Bonchev–Trinajstić information content (AvgIpc) is 2.34. The number of rotatable bonds is 5. The maximum atomic E-state index is 12.2. The predicted octanol–water partition coefficient (Wildman–Crippen LogP) is -0.612. The van der Waals surface area contributed by atoms with Crippen LogP contribution in [0.2, 0.25) is 0 Å². The van der Waals surface area contributed by atoms with Crippen molar-refractivity contribution in [3.63, 3.8) is 0 Å². The summed E-state index contributed by atoms with van der Waals surface area (Å²) in [6.45, 7) is 0.0399. The van der Waals surface area contributed by atoms with Gasteiger partial charge in [-0.25, -0.2) is 21.1 Å². The highest BCUT2D eigenvalue weighted by Gasteiger charge is 2.35. The first-order valence-electron chi connectivity index (χ1n) is 5.91. The monoisotopic (exact) mass is 313 g/mol. The molecular weight excluding hydrogens is 294 g/mol. The van der Waals surface area contributed by atoms with E-state index in [4.69, 9.17) is 0 Å². The summed E-state index contributed by atoms with van der Waals surface area (Å²) in [7, 11) is -4.01. The number of methoxy groups -OCH3 is 1. The van der Waals surface area contributed by atoms with Crippen LogP contribution in [-0.2, 0) is 29.4 Å². The Bertz CT molecular complexity index is 510. The number of sulfonamides is 1. The first-order valence-corrected chi connectivity index (χ1v) is 9.24. The molecule has 1 aliphatic rings. The smallest absolute Gasteiger partial charge is 0.306 e. The molecule has 0 N–H and O–H groups in total. The van der Waals surface area contributed by atoms with Gasteiger partial charge in [-0.1, -0.05) is 0 Å². The summed E-state index contributed by atoms with van der Waals surface area (Å²) < 4.78 is 52.5. The standard InChI is InChI=1S/C10H19NO6S2/c1-11(6-3-10(12)17-2)19(15,16)9-4-7-18(13,14)8-5-9/h9H,3-8H2,1-2H3. The molecule has 0 aromatic heterocycles. The third-order valence-electron chi connectivity index (χ3n) is 3.22. The molecule has 0 unspecified atom stereocenters. The summed E-state index contributed by atoms with van der Waals surface area (Å²) in [6.07, 6.45) is 0.220. The fourth-order valence-electron chi connectivity index (χ4n) is 1.90. The van der Waals surface area contributed by atoms with Gasteiger partial charge in [0.1, 0.15) is 9.84 Å². The Morgan fingerprint density at radius 1 is 1.32 bits per heavy atom. The van der Waals surface area contributed by atoms with Gasteiger partial charge >= 0.3 is 5.97 Å². The van der Waals surface area contributed by atoms with Gasteiger partial charge < -0.3 is 4.74 Å². The molecule has 0 atom stereocenters. The Morgan fingerprint density at radius 3 is 2.32 bits per heavy atom. The molecule has 0 bridgehead atoms. The Hall–Kier alpha value is -0.670. The Kier molecular flexibility index (Phi) is 5.34. The molecule has 0 amide bonds. The highest BCUT2D eigenvalue weighted by atomic mass is 32.2. The molecular formula is C10H19NO6S2. The molecule has 1 fully saturated rings. The normalized spacial score (nSPS) is 20.4. The van der Waals surface area contributed by atoms with E-state index in [1.165, 1.54) is 14.2 Å². The Labute approximate surface area is 113 Å². The fraction of sp³-hybridized carbons (Fsp3) is 0.900. The highest BCUT2D eigenvalue weighted by Crippen LogP contribution is 2.21. The van der Waals surface area contributed by atoms with Crippen molar-refractivity contribution in [2.75, 3.05) is 32.2 Å². The lowest BCUT2D eigenvalue weighted by Gasteiger charge is -2.26. The lowest BCUT2D eigenvalue weighted by molar-refractivity contribution is -0.140. The molecule has 1 rings (SSSR count).